The molecule has 0 spiro atoms. The summed E-state index contributed by atoms with van der Waals surface area (Å²) in [6.07, 6.45) is -1.55. The molecule has 0 heterocycles. The third-order valence-electron chi connectivity index (χ3n) is 4.91. The fourth-order valence-corrected chi connectivity index (χ4v) is 3.25. The molecule has 2 amide bonds. The first-order valence-corrected chi connectivity index (χ1v) is 12.0. The van der Waals surface area contributed by atoms with Gasteiger partial charge >= 0.3 is 24.1 Å². The Hall–Kier alpha value is -3.88. The molecular formula is C28H36N2O7. The van der Waals surface area contributed by atoms with Gasteiger partial charge in [-0.2, -0.15) is 0 Å². The molecule has 0 N–H and O–H groups in total. The summed E-state index contributed by atoms with van der Waals surface area (Å²) >= 11 is 0. The van der Waals surface area contributed by atoms with Gasteiger partial charge in [-0.25, -0.2) is 19.2 Å². The monoisotopic (exact) mass is 512 g/mol. The van der Waals surface area contributed by atoms with Crippen molar-refractivity contribution in [3.63, 3.8) is 0 Å². The molecule has 0 radical (unpaired) electrons. The summed E-state index contributed by atoms with van der Waals surface area (Å²) in [6.45, 7) is 13.1. The van der Waals surface area contributed by atoms with Crippen LogP contribution in [-0.2, 0) is 23.8 Å². The minimum atomic E-state index is -1.21. The Morgan fingerprint density at radius 2 is 0.892 bits per heavy atom. The summed E-state index contributed by atoms with van der Waals surface area (Å²) in [4.78, 5) is 54.3. The lowest BCUT2D eigenvalue weighted by molar-refractivity contribution is -0.161. The Morgan fingerprint density at radius 1 is 0.595 bits per heavy atom. The molecule has 9 nitrogen and oxygen atoms in total. The zero-order valence-corrected chi connectivity index (χ0v) is 22.7. The average molecular weight is 513 g/mol. The van der Waals surface area contributed by atoms with Gasteiger partial charge < -0.3 is 14.2 Å². The summed E-state index contributed by atoms with van der Waals surface area (Å²) in [5.41, 5.74) is -0.855. The predicted molar refractivity (Wildman–Crippen MR) is 140 cm³/mol. The Bertz CT molecular complexity index is 1000. The number of ether oxygens (including phenoxy) is 3. The lowest BCUT2D eigenvalue weighted by Crippen LogP contribution is -2.50. The van der Waals surface area contributed by atoms with E-state index in [0.29, 0.717) is 11.4 Å². The molecule has 0 aliphatic rings. The van der Waals surface area contributed by atoms with Crippen molar-refractivity contribution in [2.24, 2.45) is 0 Å². The molecule has 0 aliphatic carbocycles. The molecule has 2 aromatic carbocycles. The molecule has 0 bridgehead atoms. The molecule has 0 saturated heterocycles. The van der Waals surface area contributed by atoms with E-state index in [-0.39, 0.29) is 0 Å². The second kappa shape index (κ2) is 11.9. The van der Waals surface area contributed by atoms with Crippen LogP contribution in [0, 0.1) is 0 Å². The van der Waals surface area contributed by atoms with Crippen LogP contribution < -0.4 is 9.80 Å². The average Bonchev–Trinajstić information content (AvgIpc) is 2.78. The smallest absolute Gasteiger partial charge is 0.415 e. The van der Waals surface area contributed by atoms with E-state index in [9.17, 15) is 19.2 Å². The Morgan fingerprint density at radius 3 is 1.16 bits per heavy atom. The van der Waals surface area contributed by atoms with E-state index in [0.717, 1.165) is 9.80 Å². The van der Waals surface area contributed by atoms with Crippen LogP contribution >= 0.6 is 0 Å². The number of para-hydroxylation sites is 2. The highest BCUT2D eigenvalue weighted by Gasteiger charge is 2.37. The quantitative estimate of drug-likeness (QED) is 0.277. The van der Waals surface area contributed by atoms with Crippen molar-refractivity contribution in [2.75, 3.05) is 9.80 Å². The maximum Gasteiger partial charge on any atom is 0.415 e. The van der Waals surface area contributed by atoms with Gasteiger partial charge in [0.25, 0.3) is 0 Å². The molecular weight excluding hydrogens is 476 g/mol. The molecule has 2 aromatic rings. The topological polar surface area (TPSA) is 102 Å². The van der Waals surface area contributed by atoms with Crippen LogP contribution in [0.5, 0.6) is 0 Å². The van der Waals surface area contributed by atoms with Crippen LogP contribution in [0.2, 0.25) is 0 Å². The molecule has 9 heteroatoms. The van der Waals surface area contributed by atoms with Crippen molar-refractivity contribution < 1.29 is 33.4 Å². The number of anilines is 2. The minimum absolute atomic E-state index is 0.390. The first-order chi connectivity index (χ1) is 17.1. The number of carbonyl (C=O) groups is 4. The van der Waals surface area contributed by atoms with Crippen LogP contribution in [0.15, 0.2) is 60.7 Å². The Kier molecular flexibility index (Phi) is 9.44. The lowest BCUT2D eigenvalue weighted by Gasteiger charge is -2.32. The van der Waals surface area contributed by atoms with Crippen molar-refractivity contribution in [1.29, 1.82) is 0 Å². The van der Waals surface area contributed by atoms with Gasteiger partial charge in [0.2, 0.25) is 0 Å². The predicted octanol–water partition coefficient (Wildman–Crippen LogP) is 5.72. The number of esters is 2. The second-order valence-corrected chi connectivity index (χ2v) is 10.5. The molecule has 0 unspecified atom stereocenters. The van der Waals surface area contributed by atoms with E-state index in [1.165, 1.54) is 13.8 Å². The number of carbonyl (C=O) groups excluding carboxylic acids is 4. The fourth-order valence-electron chi connectivity index (χ4n) is 3.25. The Labute approximate surface area is 218 Å². The summed E-state index contributed by atoms with van der Waals surface area (Å²) < 4.78 is 16.1. The fraction of sp³-hybridized carbons (Fsp3) is 0.429. The molecule has 2 atom stereocenters. The van der Waals surface area contributed by atoms with Gasteiger partial charge in [0.05, 0.1) is 0 Å². The normalized spacial score (nSPS) is 13.1. The van der Waals surface area contributed by atoms with Crippen LogP contribution in [0.3, 0.4) is 0 Å². The van der Waals surface area contributed by atoms with Crippen molar-refractivity contribution in [3.8, 4) is 0 Å². The van der Waals surface area contributed by atoms with Gasteiger partial charge in [0.1, 0.15) is 23.3 Å². The highest BCUT2D eigenvalue weighted by Crippen LogP contribution is 2.24. The summed E-state index contributed by atoms with van der Waals surface area (Å²) in [6, 6.07) is 14.5. The van der Waals surface area contributed by atoms with E-state index >= 15 is 0 Å². The lowest BCUT2D eigenvalue weighted by atomic mass is 10.2. The number of hydrogen-bond acceptors (Lipinski definition) is 7. The second-order valence-electron chi connectivity index (χ2n) is 10.5. The molecule has 0 saturated carbocycles. The number of hydrogen-bond donors (Lipinski definition) is 0. The number of nitrogens with zero attached hydrogens (tertiary/aromatic N) is 2. The van der Waals surface area contributed by atoms with Gasteiger partial charge in [-0.05, 0) is 79.7 Å². The SMILES string of the molecule is C[C@@H](C(=O)OC(=O)[C@H](C)N(C(=O)OC(C)(C)C)c1ccccc1)N(C(=O)OC(C)(C)C)c1ccccc1. The molecule has 0 fully saturated rings. The van der Waals surface area contributed by atoms with Crippen LogP contribution in [0.1, 0.15) is 55.4 Å². The Balaban J connectivity index is 2.29. The standard InChI is InChI=1S/C28H36N2O7/c1-19(29(21-15-11-9-12-16-21)25(33)36-27(3,4)5)23(31)35-24(32)20(2)30(22-17-13-10-14-18-22)26(34)37-28(6,7)8/h9-20H,1-8H3/t19-,20-/m0/s1. The molecule has 37 heavy (non-hydrogen) atoms. The van der Waals surface area contributed by atoms with Gasteiger partial charge in [0.15, 0.2) is 0 Å². The zero-order valence-electron chi connectivity index (χ0n) is 22.7. The van der Waals surface area contributed by atoms with Crippen LogP contribution in [0.25, 0.3) is 0 Å². The van der Waals surface area contributed by atoms with Crippen LogP contribution in [-0.4, -0.2) is 47.4 Å². The molecule has 0 aliphatic heterocycles. The molecule has 2 rings (SSSR count). The highest BCUT2D eigenvalue weighted by atomic mass is 16.6. The molecule has 0 aromatic heterocycles. The number of amides is 2. The number of rotatable bonds is 6. The third kappa shape index (κ3) is 8.63. The van der Waals surface area contributed by atoms with E-state index < -0.39 is 47.4 Å². The van der Waals surface area contributed by atoms with Crippen molar-refractivity contribution in [2.45, 2.75) is 78.7 Å². The van der Waals surface area contributed by atoms with E-state index in [4.69, 9.17) is 14.2 Å². The highest BCUT2D eigenvalue weighted by molar-refractivity contribution is 6.02. The van der Waals surface area contributed by atoms with Gasteiger partial charge in [0, 0.05) is 11.4 Å². The first-order valence-electron chi connectivity index (χ1n) is 12.0. The first kappa shape index (κ1) is 29.4. The summed E-state index contributed by atoms with van der Waals surface area (Å²) in [5.74, 6) is -1.97. The van der Waals surface area contributed by atoms with Gasteiger partial charge in [-0.3, -0.25) is 9.80 Å². The number of benzene rings is 2. The van der Waals surface area contributed by atoms with E-state index in [2.05, 4.69) is 0 Å². The summed E-state index contributed by atoms with van der Waals surface area (Å²) in [7, 11) is 0. The van der Waals surface area contributed by atoms with Gasteiger partial charge in [-0.1, -0.05) is 36.4 Å². The van der Waals surface area contributed by atoms with Crippen molar-refractivity contribution in [3.05, 3.63) is 60.7 Å². The third-order valence-corrected chi connectivity index (χ3v) is 4.91. The maximum absolute atomic E-state index is 13.1. The van der Waals surface area contributed by atoms with E-state index in [1.54, 1.807) is 102 Å². The maximum atomic E-state index is 13.1. The van der Waals surface area contributed by atoms with Crippen molar-refractivity contribution in [1.82, 2.24) is 0 Å². The zero-order chi connectivity index (χ0) is 28.0. The minimum Gasteiger partial charge on any atom is -0.443 e. The molecule has 200 valence electrons. The van der Waals surface area contributed by atoms with Gasteiger partial charge in [-0.15, -0.1) is 0 Å². The summed E-state index contributed by atoms with van der Waals surface area (Å²) in [5, 5.41) is 0. The van der Waals surface area contributed by atoms with E-state index in [1.807, 2.05) is 0 Å². The largest absolute Gasteiger partial charge is 0.443 e. The van der Waals surface area contributed by atoms with Crippen LogP contribution in [0.4, 0.5) is 21.0 Å². The van der Waals surface area contributed by atoms with Crippen molar-refractivity contribution >= 4 is 35.5 Å².